The first kappa shape index (κ1) is 15.2. The van der Waals surface area contributed by atoms with E-state index in [1.54, 1.807) is 6.20 Å². The highest BCUT2D eigenvalue weighted by Crippen LogP contribution is 2.61. The minimum Gasteiger partial charge on any atom is -0.301 e. The van der Waals surface area contributed by atoms with Crippen LogP contribution in [0.5, 0.6) is 0 Å². The quantitative estimate of drug-likeness (QED) is 0.801. The fourth-order valence-electron chi connectivity index (χ4n) is 4.19. The van der Waals surface area contributed by atoms with Gasteiger partial charge in [-0.2, -0.15) is 0 Å². The monoisotopic (exact) mass is 344 g/mol. The van der Waals surface area contributed by atoms with Gasteiger partial charge in [0.2, 0.25) is 5.91 Å². The molecule has 1 aromatic heterocycles. The van der Waals surface area contributed by atoms with Gasteiger partial charge < -0.3 is 5.32 Å². The lowest BCUT2D eigenvalue weighted by molar-refractivity contribution is -0.119. The first-order chi connectivity index (χ1) is 11.2. The van der Waals surface area contributed by atoms with Crippen LogP contribution in [0.25, 0.3) is 0 Å². The van der Waals surface area contributed by atoms with E-state index >= 15 is 0 Å². The van der Waals surface area contributed by atoms with Crippen LogP contribution >= 0.6 is 24.0 Å². The Kier molecular flexibility index (Phi) is 3.93. The van der Waals surface area contributed by atoms with Gasteiger partial charge in [-0.1, -0.05) is 37.8 Å². The van der Waals surface area contributed by atoms with Gasteiger partial charge in [-0.25, -0.2) is 4.98 Å². The molecule has 120 valence electrons. The third-order valence-corrected chi connectivity index (χ3v) is 6.41. The van der Waals surface area contributed by atoms with E-state index in [0.717, 1.165) is 16.9 Å². The van der Waals surface area contributed by atoms with Crippen LogP contribution in [0.3, 0.4) is 0 Å². The summed E-state index contributed by atoms with van der Waals surface area (Å²) >= 11 is 5.84. The molecule has 4 rings (SSSR count). The van der Waals surface area contributed by atoms with Gasteiger partial charge in [-0.3, -0.25) is 4.79 Å². The Morgan fingerprint density at radius 3 is 2.65 bits per heavy atom. The van der Waals surface area contributed by atoms with Crippen molar-refractivity contribution in [3.05, 3.63) is 41.4 Å². The maximum Gasteiger partial charge on any atom is 0.237 e. The topological polar surface area (TPSA) is 42.0 Å². The number of amides is 1. The number of thiazole rings is 1. The summed E-state index contributed by atoms with van der Waals surface area (Å²) in [5.41, 5.74) is 0.753. The molecule has 23 heavy (non-hydrogen) atoms. The van der Waals surface area contributed by atoms with E-state index in [1.165, 1.54) is 37.0 Å². The predicted molar refractivity (Wildman–Crippen MR) is 96.2 cm³/mol. The molecule has 0 bridgehead atoms. The number of hydrogen-bond acceptors (Lipinski definition) is 4. The molecule has 2 aromatic rings. The van der Waals surface area contributed by atoms with Crippen molar-refractivity contribution < 1.29 is 4.79 Å². The number of carbonyl (C=O) groups is 1. The summed E-state index contributed by atoms with van der Waals surface area (Å²) in [4.78, 5) is 18.2. The summed E-state index contributed by atoms with van der Waals surface area (Å²) < 4.78 is 0. The van der Waals surface area contributed by atoms with Crippen LogP contribution in [0.15, 0.2) is 40.7 Å². The molecule has 2 saturated carbocycles. The van der Waals surface area contributed by atoms with Gasteiger partial charge in [0, 0.05) is 16.5 Å². The number of thiol groups is 1. The molecule has 0 spiro atoms. The van der Waals surface area contributed by atoms with Crippen LogP contribution in [0.4, 0.5) is 5.13 Å². The normalized spacial score (nSPS) is 27.1. The van der Waals surface area contributed by atoms with Crippen LogP contribution in [0.2, 0.25) is 0 Å². The second-order valence-electron chi connectivity index (χ2n) is 6.66. The number of nitrogens with zero attached hydrogens (tertiary/aromatic N) is 1. The van der Waals surface area contributed by atoms with E-state index < -0.39 is 0 Å². The molecular formula is C18H20N2OS2. The van der Waals surface area contributed by atoms with Gasteiger partial charge >= 0.3 is 0 Å². The Labute approximate surface area is 145 Å². The predicted octanol–water partition coefficient (Wildman–Crippen LogP) is 4.52. The summed E-state index contributed by atoms with van der Waals surface area (Å²) in [6, 6.07) is 8.11. The lowest BCUT2D eigenvalue weighted by atomic mass is 9.87. The van der Waals surface area contributed by atoms with Crippen molar-refractivity contribution in [3.8, 4) is 0 Å². The van der Waals surface area contributed by atoms with Gasteiger partial charge in [0.1, 0.15) is 0 Å². The number of hydrogen-bond donors (Lipinski definition) is 2. The largest absolute Gasteiger partial charge is 0.301 e. The standard InChI is InChI=1S/C18H20N2OS2/c21-16(20-17-19-9-10-23-17)18(13-5-7-14(22)8-6-13)11-15(18)12-3-1-2-4-12/h5-10,12,15,22H,1-4,11H2,(H,19,20,21)/t15-,18-/m0/s1. The molecule has 0 aliphatic heterocycles. The lowest BCUT2D eigenvalue weighted by Gasteiger charge is -2.20. The first-order valence-electron chi connectivity index (χ1n) is 8.20. The highest BCUT2D eigenvalue weighted by atomic mass is 32.1. The molecule has 0 unspecified atom stereocenters. The van der Waals surface area contributed by atoms with E-state index in [9.17, 15) is 4.79 Å². The molecule has 1 amide bonds. The van der Waals surface area contributed by atoms with E-state index in [4.69, 9.17) is 0 Å². The zero-order valence-electron chi connectivity index (χ0n) is 12.9. The average Bonchev–Trinajstić information content (AvgIpc) is 2.95. The highest BCUT2D eigenvalue weighted by molar-refractivity contribution is 7.80. The zero-order valence-corrected chi connectivity index (χ0v) is 14.6. The van der Waals surface area contributed by atoms with E-state index in [0.29, 0.717) is 17.0 Å². The molecule has 2 aliphatic rings. The fraction of sp³-hybridized carbons (Fsp3) is 0.444. The van der Waals surface area contributed by atoms with E-state index in [1.807, 2.05) is 17.5 Å². The summed E-state index contributed by atoms with van der Waals surface area (Å²) in [5.74, 6) is 1.26. The minimum atomic E-state index is -0.373. The van der Waals surface area contributed by atoms with Crippen LogP contribution in [-0.2, 0) is 10.2 Å². The number of carbonyl (C=O) groups excluding carboxylic acids is 1. The van der Waals surface area contributed by atoms with Crippen LogP contribution in [0, 0.1) is 11.8 Å². The van der Waals surface area contributed by atoms with Gasteiger partial charge in [0.05, 0.1) is 5.41 Å². The molecule has 1 heterocycles. The Balaban J connectivity index is 1.64. The van der Waals surface area contributed by atoms with Crippen molar-refractivity contribution in [3.63, 3.8) is 0 Å². The zero-order chi connectivity index (χ0) is 15.9. The third-order valence-electron chi connectivity index (χ3n) is 5.42. The first-order valence-corrected chi connectivity index (χ1v) is 9.53. The molecule has 2 atom stereocenters. The second-order valence-corrected chi connectivity index (χ2v) is 8.08. The van der Waals surface area contributed by atoms with Crippen molar-refractivity contribution in [2.45, 2.75) is 42.4 Å². The number of benzene rings is 1. The third kappa shape index (κ3) is 2.70. The van der Waals surface area contributed by atoms with Crippen molar-refractivity contribution in [1.82, 2.24) is 4.98 Å². The number of aromatic nitrogens is 1. The smallest absolute Gasteiger partial charge is 0.237 e. The van der Waals surface area contributed by atoms with Crippen molar-refractivity contribution >= 4 is 35.0 Å². The van der Waals surface area contributed by atoms with E-state index in [2.05, 4.69) is 35.1 Å². The maximum absolute atomic E-state index is 13.1. The lowest BCUT2D eigenvalue weighted by Crippen LogP contribution is -2.31. The summed E-state index contributed by atoms with van der Waals surface area (Å²) in [6.07, 6.45) is 7.83. The maximum atomic E-state index is 13.1. The molecule has 2 fully saturated rings. The SMILES string of the molecule is O=C(Nc1nccs1)[C@]1(c2ccc(S)cc2)C[C@H]1C1CCCC1. The van der Waals surface area contributed by atoms with Gasteiger partial charge in [0.25, 0.3) is 0 Å². The Bertz CT molecular complexity index is 692. The summed E-state index contributed by atoms with van der Waals surface area (Å²) in [7, 11) is 0. The summed E-state index contributed by atoms with van der Waals surface area (Å²) in [5, 5.41) is 5.62. The average molecular weight is 345 g/mol. The van der Waals surface area contributed by atoms with E-state index in [-0.39, 0.29) is 11.3 Å². The van der Waals surface area contributed by atoms with Crippen LogP contribution < -0.4 is 5.32 Å². The van der Waals surface area contributed by atoms with Gasteiger partial charge in [-0.05, 0) is 36.0 Å². The molecule has 3 nitrogen and oxygen atoms in total. The molecule has 1 N–H and O–H groups in total. The Morgan fingerprint density at radius 2 is 2.00 bits per heavy atom. The number of rotatable bonds is 4. The van der Waals surface area contributed by atoms with Crippen molar-refractivity contribution in [1.29, 1.82) is 0 Å². The molecule has 0 saturated heterocycles. The molecule has 0 radical (unpaired) electrons. The van der Waals surface area contributed by atoms with Crippen LogP contribution in [0.1, 0.15) is 37.7 Å². The summed E-state index contributed by atoms with van der Waals surface area (Å²) in [6.45, 7) is 0. The number of anilines is 1. The van der Waals surface area contributed by atoms with Crippen molar-refractivity contribution in [2.24, 2.45) is 11.8 Å². The minimum absolute atomic E-state index is 0.108. The fourth-order valence-corrected chi connectivity index (χ4v) is 4.87. The highest BCUT2D eigenvalue weighted by Gasteiger charge is 2.63. The molecule has 2 aliphatic carbocycles. The molecule has 1 aromatic carbocycles. The Morgan fingerprint density at radius 1 is 1.26 bits per heavy atom. The van der Waals surface area contributed by atoms with Gasteiger partial charge in [0.15, 0.2) is 5.13 Å². The second kappa shape index (κ2) is 5.95. The van der Waals surface area contributed by atoms with Crippen molar-refractivity contribution in [2.75, 3.05) is 5.32 Å². The van der Waals surface area contributed by atoms with Gasteiger partial charge in [-0.15, -0.1) is 24.0 Å². The van der Waals surface area contributed by atoms with Crippen LogP contribution in [-0.4, -0.2) is 10.9 Å². The molecule has 5 heteroatoms. The Hall–Kier alpha value is -1.33. The molecular weight excluding hydrogens is 324 g/mol. The number of nitrogens with one attached hydrogen (secondary N) is 1.